The van der Waals surface area contributed by atoms with E-state index < -0.39 is 21.7 Å². The first-order chi connectivity index (χ1) is 12.2. The molecular formula is C17H16FN3O3S2. The number of anilines is 1. The number of sulfonamides is 1. The van der Waals surface area contributed by atoms with Crippen molar-refractivity contribution in [2.24, 2.45) is 0 Å². The van der Waals surface area contributed by atoms with Crippen LogP contribution < -0.4 is 4.31 Å². The van der Waals surface area contributed by atoms with Crippen molar-refractivity contribution in [3.8, 4) is 0 Å². The van der Waals surface area contributed by atoms with Crippen LogP contribution in [0.25, 0.3) is 0 Å². The lowest BCUT2D eigenvalue weighted by Crippen LogP contribution is -2.28. The third kappa shape index (κ3) is 3.15. The molecule has 2 heterocycles. The summed E-state index contributed by atoms with van der Waals surface area (Å²) in [5.41, 5.74) is 1.58. The third-order valence-corrected chi connectivity index (χ3v) is 6.71. The first-order valence-electron chi connectivity index (χ1n) is 7.62. The summed E-state index contributed by atoms with van der Waals surface area (Å²) in [7, 11) is -2.63. The lowest BCUT2D eigenvalue weighted by atomic mass is 10.3. The Hall–Kier alpha value is -2.52. The van der Waals surface area contributed by atoms with Crippen molar-refractivity contribution in [1.29, 1.82) is 0 Å². The van der Waals surface area contributed by atoms with Gasteiger partial charge in [-0.3, -0.25) is 9.10 Å². The Morgan fingerprint density at radius 1 is 1.19 bits per heavy atom. The van der Waals surface area contributed by atoms with Crippen molar-refractivity contribution in [3.63, 3.8) is 0 Å². The normalized spacial score (nSPS) is 11.5. The second-order valence-corrected chi connectivity index (χ2v) is 8.56. The van der Waals surface area contributed by atoms with Gasteiger partial charge in [-0.15, -0.1) is 11.3 Å². The fraction of sp³-hybridized carbons (Fsp3) is 0.176. The predicted octanol–water partition coefficient (Wildman–Crippen LogP) is 3.21. The average Bonchev–Trinajstić information content (AvgIpc) is 3.21. The number of halogens is 1. The minimum atomic E-state index is -3.99. The van der Waals surface area contributed by atoms with Crippen LogP contribution in [0.1, 0.15) is 21.1 Å². The minimum absolute atomic E-state index is 0.0742. The van der Waals surface area contributed by atoms with E-state index in [1.807, 2.05) is 0 Å². The van der Waals surface area contributed by atoms with E-state index in [0.717, 1.165) is 15.6 Å². The molecule has 0 aliphatic rings. The predicted molar refractivity (Wildman–Crippen MR) is 97.7 cm³/mol. The van der Waals surface area contributed by atoms with Crippen LogP contribution in [0.2, 0.25) is 0 Å². The summed E-state index contributed by atoms with van der Waals surface area (Å²) in [6, 6.07) is 8.21. The van der Waals surface area contributed by atoms with Gasteiger partial charge in [0.15, 0.2) is 0 Å². The molecule has 0 aliphatic carbocycles. The summed E-state index contributed by atoms with van der Waals surface area (Å²) in [5.74, 6) is -0.966. The molecule has 0 spiro atoms. The summed E-state index contributed by atoms with van der Waals surface area (Å²) in [6.45, 7) is 3.48. The second-order valence-electron chi connectivity index (χ2n) is 5.71. The molecule has 0 radical (unpaired) electrons. The van der Waals surface area contributed by atoms with E-state index in [-0.39, 0.29) is 9.77 Å². The number of rotatable bonds is 4. The van der Waals surface area contributed by atoms with Crippen LogP contribution in [0.3, 0.4) is 0 Å². The number of carbonyl (C=O) groups excluding carboxylic acids is 1. The topological polar surface area (TPSA) is 72.3 Å². The van der Waals surface area contributed by atoms with Gasteiger partial charge in [0.1, 0.15) is 15.6 Å². The zero-order valence-electron chi connectivity index (χ0n) is 14.3. The van der Waals surface area contributed by atoms with Crippen molar-refractivity contribution < 1.29 is 17.6 Å². The Morgan fingerprint density at radius 2 is 1.85 bits per heavy atom. The number of aromatic nitrogens is 2. The largest absolute Gasteiger partial charge is 0.289 e. The zero-order valence-corrected chi connectivity index (χ0v) is 15.9. The highest BCUT2D eigenvalue weighted by Gasteiger charge is 2.29. The number of thiophene rings is 1. The molecule has 0 saturated carbocycles. The van der Waals surface area contributed by atoms with Gasteiger partial charge in [-0.25, -0.2) is 17.5 Å². The monoisotopic (exact) mass is 393 g/mol. The van der Waals surface area contributed by atoms with Crippen LogP contribution in [0, 0.1) is 19.7 Å². The van der Waals surface area contributed by atoms with Crippen LogP contribution >= 0.6 is 11.3 Å². The second kappa shape index (κ2) is 6.65. The Labute approximate surface area is 154 Å². The maximum absolute atomic E-state index is 13.1. The van der Waals surface area contributed by atoms with Crippen LogP contribution in [-0.4, -0.2) is 31.2 Å². The standard InChI is InChI=1S/C17H16FN3O3S2/c1-11-10-12(2)21(19-11)17(22)16-15(8-9-25-16)26(23,24)20(3)14-6-4-13(18)5-7-14/h4-10H,1-3H3. The molecule has 1 aromatic carbocycles. The van der Waals surface area contributed by atoms with E-state index >= 15 is 0 Å². The van der Waals surface area contributed by atoms with Crippen LogP contribution in [0.4, 0.5) is 10.1 Å². The van der Waals surface area contributed by atoms with E-state index in [4.69, 9.17) is 0 Å². The Bertz CT molecular complexity index is 1070. The van der Waals surface area contributed by atoms with E-state index in [1.54, 1.807) is 25.3 Å². The van der Waals surface area contributed by atoms with Crippen molar-refractivity contribution in [2.75, 3.05) is 11.4 Å². The quantitative estimate of drug-likeness (QED) is 0.682. The molecule has 0 unspecified atom stereocenters. The van der Waals surface area contributed by atoms with Crippen molar-refractivity contribution in [3.05, 3.63) is 63.9 Å². The van der Waals surface area contributed by atoms with Gasteiger partial charge < -0.3 is 0 Å². The molecule has 3 aromatic rings. The van der Waals surface area contributed by atoms with Crippen LogP contribution in [-0.2, 0) is 10.0 Å². The van der Waals surface area contributed by atoms with Gasteiger partial charge in [0.05, 0.1) is 11.4 Å². The van der Waals surface area contributed by atoms with E-state index in [1.165, 1.54) is 42.1 Å². The smallest absolute Gasteiger partial charge is 0.269 e. The van der Waals surface area contributed by atoms with Crippen LogP contribution in [0.5, 0.6) is 0 Å². The summed E-state index contributed by atoms with van der Waals surface area (Å²) < 4.78 is 41.3. The molecule has 0 saturated heterocycles. The van der Waals surface area contributed by atoms with Gasteiger partial charge in [0.2, 0.25) is 0 Å². The van der Waals surface area contributed by atoms with Crippen LogP contribution in [0.15, 0.2) is 46.7 Å². The number of carbonyl (C=O) groups is 1. The Balaban J connectivity index is 2.02. The molecule has 9 heteroatoms. The zero-order chi connectivity index (χ0) is 19.1. The highest BCUT2D eigenvalue weighted by atomic mass is 32.2. The summed E-state index contributed by atoms with van der Waals surface area (Å²) in [5, 5.41) is 5.67. The molecule has 6 nitrogen and oxygen atoms in total. The molecular weight excluding hydrogens is 377 g/mol. The van der Waals surface area contributed by atoms with Crippen molar-refractivity contribution in [2.45, 2.75) is 18.7 Å². The molecule has 3 rings (SSSR count). The third-order valence-electron chi connectivity index (χ3n) is 3.85. The minimum Gasteiger partial charge on any atom is -0.269 e. The van der Waals surface area contributed by atoms with Crippen molar-refractivity contribution in [1.82, 2.24) is 9.78 Å². The van der Waals surface area contributed by atoms with Gasteiger partial charge in [-0.05, 0) is 55.6 Å². The van der Waals surface area contributed by atoms with E-state index in [2.05, 4.69) is 5.10 Å². The highest BCUT2D eigenvalue weighted by molar-refractivity contribution is 7.93. The Morgan fingerprint density at radius 3 is 2.42 bits per heavy atom. The molecule has 0 amide bonds. The Kier molecular flexibility index (Phi) is 4.68. The molecule has 2 aromatic heterocycles. The van der Waals surface area contributed by atoms with E-state index in [0.29, 0.717) is 17.1 Å². The summed E-state index contributed by atoms with van der Waals surface area (Å²) >= 11 is 1.04. The fourth-order valence-electron chi connectivity index (χ4n) is 2.52. The van der Waals surface area contributed by atoms with Gasteiger partial charge in [-0.2, -0.15) is 5.10 Å². The van der Waals surface area contributed by atoms with E-state index in [9.17, 15) is 17.6 Å². The molecule has 0 bridgehead atoms. The maximum atomic E-state index is 13.1. The van der Waals surface area contributed by atoms with Gasteiger partial charge >= 0.3 is 0 Å². The van der Waals surface area contributed by atoms with Crippen molar-refractivity contribution >= 4 is 33.0 Å². The maximum Gasteiger partial charge on any atom is 0.289 e. The lowest BCUT2D eigenvalue weighted by Gasteiger charge is -2.19. The summed E-state index contributed by atoms with van der Waals surface area (Å²) in [6.07, 6.45) is 0. The average molecular weight is 393 g/mol. The first kappa shape index (κ1) is 18.3. The molecule has 26 heavy (non-hydrogen) atoms. The fourth-order valence-corrected chi connectivity index (χ4v) is 5.04. The molecule has 0 N–H and O–H groups in total. The number of hydrogen-bond donors (Lipinski definition) is 0. The number of hydrogen-bond acceptors (Lipinski definition) is 5. The number of benzene rings is 1. The summed E-state index contributed by atoms with van der Waals surface area (Å²) in [4.78, 5) is 12.8. The number of nitrogens with zero attached hydrogens (tertiary/aromatic N) is 3. The molecule has 0 fully saturated rings. The van der Waals surface area contributed by atoms with Gasteiger partial charge in [-0.1, -0.05) is 0 Å². The molecule has 136 valence electrons. The van der Waals surface area contributed by atoms with Gasteiger partial charge in [0, 0.05) is 12.7 Å². The SMILES string of the molecule is Cc1cc(C)n(C(=O)c2sccc2S(=O)(=O)N(C)c2ccc(F)cc2)n1. The number of aryl methyl sites for hydroxylation is 2. The van der Waals surface area contributed by atoms with Gasteiger partial charge in [0.25, 0.3) is 15.9 Å². The molecule has 0 atom stereocenters. The lowest BCUT2D eigenvalue weighted by molar-refractivity contribution is 0.0943. The first-order valence-corrected chi connectivity index (χ1v) is 9.94. The highest BCUT2D eigenvalue weighted by Crippen LogP contribution is 2.29. The molecule has 0 aliphatic heterocycles.